The van der Waals surface area contributed by atoms with Crippen LogP contribution in [0.2, 0.25) is 0 Å². The van der Waals surface area contributed by atoms with E-state index in [1.165, 1.54) is 38.5 Å². The van der Waals surface area contributed by atoms with Crippen molar-refractivity contribution in [2.45, 2.75) is 129 Å². The lowest BCUT2D eigenvalue weighted by atomic mass is 9.43. The van der Waals surface area contributed by atoms with Crippen LogP contribution in [0, 0.1) is 46.3 Å². The second kappa shape index (κ2) is 17.0. The van der Waals surface area contributed by atoms with Crippen LogP contribution in [-0.2, 0) is 18.9 Å². The first kappa shape index (κ1) is 35.6. The van der Waals surface area contributed by atoms with Crippen LogP contribution in [0.4, 0.5) is 0 Å². The monoisotopic (exact) mass is 608 g/mol. The van der Waals surface area contributed by atoms with Gasteiger partial charge in [0, 0.05) is 38.4 Å². The topological polar surface area (TPSA) is 115 Å². The molecule has 0 aromatic heterocycles. The van der Waals surface area contributed by atoms with Crippen molar-refractivity contribution in [2.24, 2.45) is 63.5 Å². The number of fused-ring (bicyclic) bond motifs is 5. The van der Waals surface area contributed by atoms with Crippen molar-refractivity contribution in [3.8, 4) is 0 Å². The van der Waals surface area contributed by atoms with Crippen molar-refractivity contribution in [1.29, 1.82) is 0 Å². The Labute approximate surface area is 264 Å². The Kier molecular flexibility index (Phi) is 14.1. The lowest BCUT2D eigenvalue weighted by Gasteiger charge is -2.65. The highest BCUT2D eigenvalue weighted by Gasteiger charge is 2.66. The third kappa shape index (κ3) is 8.00. The Morgan fingerprint density at radius 1 is 0.744 bits per heavy atom. The van der Waals surface area contributed by atoms with Crippen molar-refractivity contribution in [1.82, 2.24) is 0 Å². The van der Waals surface area contributed by atoms with Gasteiger partial charge in [-0.05, 0) is 144 Å². The summed E-state index contributed by atoms with van der Waals surface area (Å²) in [7, 11) is 0. The molecule has 4 rings (SSSR count). The van der Waals surface area contributed by atoms with Crippen LogP contribution in [-0.4, -0.2) is 71.0 Å². The fourth-order valence-corrected chi connectivity index (χ4v) is 10.6. The number of ether oxygens (including phenoxy) is 4. The van der Waals surface area contributed by atoms with E-state index < -0.39 is 0 Å². The average Bonchev–Trinajstić information content (AvgIpc) is 3.36. The molecule has 7 heteroatoms. The van der Waals surface area contributed by atoms with E-state index in [2.05, 4.69) is 27.7 Å². The Hall–Kier alpha value is -0.280. The molecule has 4 unspecified atom stereocenters. The Balaban J connectivity index is 1.59. The fraction of sp³-hybridized carbons (Fsp3) is 1.00. The lowest BCUT2D eigenvalue weighted by Crippen LogP contribution is -2.63. The summed E-state index contributed by atoms with van der Waals surface area (Å²) in [6.07, 6.45) is 15.8. The third-order valence-electron chi connectivity index (χ3n) is 12.8. The Bertz CT molecular complexity index is 802. The van der Waals surface area contributed by atoms with Gasteiger partial charge in [0.25, 0.3) is 0 Å². The van der Waals surface area contributed by atoms with Crippen LogP contribution >= 0.6 is 0 Å². The van der Waals surface area contributed by atoms with Crippen LogP contribution in [0.3, 0.4) is 0 Å². The summed E-state index contributed by atoms with van der Waals surface area (Å²) in [5.74, 6) is 3.82. The molecular formula is C36H69N3O4. The molecule has 7 nitrogen and oxygen atoms in total. The van der Waals surface area contributed by atoms with E-state index in [1.807, 2.05) is 0 Å². The van der Waals surface area contributed by atoms with Crippen LogP contribution in [0.1, 0.15) is 111 Å². The van der Waals surface area contributed by atoms with Crippen LogP contribution in [0.5, 0.6) is 0 Å². The maximum absolute atomic E-state index is 6.97. The molecular weight excluding hydrogens is 538 g/mol. The summed E-state index contributed by atoms with van der Waals surface area (Å²) in [6, 6.07) is 0. The molecule has 6 N–H and O–H groups in total. The highest BCUT2D eigenvalue weighted by molar-refractivity contribution is 5.15. The first-order valence-corrected chi connectivity index (χ1v) is 18.4. The number of nitrogens with two attached hydrogens (primary N) is 3. The van der Waals surface area contributed by atoms with E-state index in [1.54, 1.807) is 0 Å². The van der Waals surface area contributed by atoms with E-state index in [4.69, 9.17) is 36.1 Å². The highest BCUT2D eigenvalue weighted by Crippen LogP contribution is 2.69. The van der Waals surface area contributed by atoms with E-state index >= 15 is 0 Å². The Morgan fingerprint density at radius 3 is 2.14 bits per heavy atom. The molecule has 252 valence electrons. The van der Waals surface area contributed by atoms with Gasteiger partial charge in [0.05, 0.1) is 18.3 Å². The van der Waals surface area contributed by atoms with Gasteiger partial charge >= 0.3 is 0 Å². The van der Waals surface area contributed by atoms with Crippen molar-refractivity contribution in [3.63, 3.8) is 0 Å². The van der Waals surface area contributed by atoms with Crippen molar-refractivity contribution < 1.29 is 18.9 Å². The standard InChI is InChI=1S/C36H69N3O4/c1-5-18-40-19-6-10-26(2)29-11-12-30-34-31(25-33(36(29,30)4)43-22-9-17-39)35(3)14-13-28(41-20-7-15-37)23-27(35)24-32(34)42-21-8-16-38/h26-34H,5-25,37-39H2,1-4H3/t26-,27?,28-,29?,30+,31+,32-,33+,34?,35+,36?/m1/s1. The predicted molar refractivity (Wildman–Crippen MR) is 176 cm³/mol. The quantitative estimate of drug-likeness (QED) is 0.156. The van der Waals surface area contributed by atoms with Gasteiger partial charge in [-0.25, -0.2) is 0 Å². The molecule has 0 radical (unpaired) electrons. The van der Waals surface area contributed by atoms with Crippen LogP contribution < -0.4 is 17.2 Å². The summed E-state index contributed by atoms with van der Waals surface area (Å²) in [4.78, 5) is 0. The molecule has 4 aliphatic carbocycles. The first-order chi connectivity index (χ1) is 20.8. The molecule has 0 bridgehead atoms. The zero-order valence-electron chi connectivity index (χ0n) is 28.4. The summed E-state index contributed by atoms with van der Waals surface area (Å²) in [6.45, 7) is 16.2. The maximum atomic E-state index is 6.97. The van der Waals surface area contributed by atoms with Gasteiger partial charge in [0.1, 0.15) is 0 Å². The smallest absolute Gasteiger partial charge is 0.0637 e. The van der Waals surface area contributed by atoms with E-state index in [-0.39, 0.29) is 11.5 Å². The molecule has 4 saturated carbocycles. The van der Waals surface area contributed by atoms with E-state index in [9.17, 15) is 0 Å². The van der Waals surface area contributed by atoms with E-state index in [0.717, 1.165) is 78.0 Å². The maximum Gasteiger partial charge on any atom is 0.0637 e. The first-order valence-electron chi connectivity index (χ1n) is 18.4. The molecule has 11 atom stereocenters. The SMILES string of the molecule is CCCOCCC[C@@H](C)C1CC[C@H]2C3[C@H](OCCCN)CC4C[C@H](OCCCN)CC[C@]4(C)[C@H]3C[C@H](OCCCN)C12C. The zero-order valence-corrected chi connectivity index (χ0v) is 28.4. The van der Waals surface area contributed by atoms with Crippen molar-refractivity contribution >= 4 is 0 Å². The van der Waals surface area contributed by atoms with Gasteiger partial charge in [-0.1, -0.05) is 27.7 Å². The van der Waals surface area contributed by atoms with Crippen molar-refractivity contribution in [3.05, 3.63) is 0 Å². The molecule has 0 aromatic carbocycles. The molecule has 0 heterocycles. The number of hydrogen-bond donors (Lipinski definition) is 3. The predicted octanol–water partition coefficient (Wildman–Crippen LogP) is 5.91. The van der Waals surface area contributed by atoms with Gasteiger partial charge < -0.3 is 36.1 Å². The van der Waals surface area contributed by atoms with Gasteiger partial charge in [-0.2, -0.15) is 0 Å². The molecule has 0 aromatic rings. The summed E-state index contributed by atoms with van der Waals surface area (Å²) < 4.78 is 26.1. The summed E-state index contributed by atoms with van der Waals surface area (Å²) >= 11 is 0. The minimum atomic E-state index is 0.167. The molecule has 0 amide bonds. The molecule has 0 aliphatic heterocycles. The minimum absolute atomic E-state index is 0.167. The second-order valence-electron chi connectivity index (χ2n) is 15.2. The fourth-order valence-electron chi connectivity index (χ4n) is 10.6. The van der Waals surface area contributed by atoms with Gasteiger partial charge in [-0.3, -0.25) is 0 Å². The largest absolute Gasteiger partial charge is 0.381 e. The summed E-state index contributed by atoms with van der Waals surface area (Å²) in [5.41, 5.74) is 18.1. The Morgan fingerprint density at radius 2 is 1.44 bits per heavy atom. The van der Waals surface area contributed by atoms with Crippen LogP contribution in [0.15, 0.2) is 0 Å². The molecule has 4 fully saturated rings. The molecule has 0 spiro atoms. The third-order valence-corrected chi connectivity index (χ3v) is 12.8. The van der Waals surface area contributed by atoms with Gasteiger partial charge in [0.2, 0.25) is 0 Å². The second-order valence-corrected chi connectivity index (χ2v) is 15.2. The molecule has 43 heavy (non-hydrogen) atoms. The zero-order chi connectivity index (χ0) is 30.9. The average molecular weight is 608 g/mol. The highest BCUT2D eigenvalue weighted by atomic mass is 16.5. The van der Waals surface area contributed by atoms with E-state index in [0.29, 0.717) is 72.8 Å². The van der Waals surface area contributed by atoms with Crippen molar-refractivity contribution in [2.75, 3.05) is 52.7 Å². The van der Waals surface area contributed by atoms with Gasteiger partial charge in [0.15, 0.2) is 0 Å². The molecule has 4 aliphatic rings. The molecule has 0 saturated heterocycles. The minimum Gasteiger partial charge on any atom is -0.381 e. The van der Waals surface area contributed by atoms with Crippen LogP contribution in [0.25, 0.3) is 0 Å². The van der Waals surface area contributed by atoms with Gasteiger partial charge in [-0.15, -0.1) is 0 Å². The lowest BCUT2D eigenvalue weighted by molar-refractivity contribution is -0.227. The number of hydrogen-bond acceptors (Lipinski definition) is 7. The number of rotatable bonds is 19. The normalized spacial score (nSPS) is 39.7. The summed E-state index contributed by atoms with van der Waals surface area (Å²) in [5, 5.41) is 0.